The predicted molar refractivity (Wildman–Crippen MR) is 81.3 cm³/mol. The predicted octanol–water partition coefficient (Wildman–Crippen LogP) is 3.27. The summed E-state index contributed by atoms with van der Waals surface area (Å²) >= 11 is 0. The van der Waals surface area contributed by atoms with Crippen molar-refractivity contribution in [1.82, 2.24) is 15.1 Å². The van der Waals surface area contributed by atoms with Crippen molar-refractivity contribution in [1.29, 1.82) is 0 Å². The zero-order valence-corrected chi connectivity index (χ0v) is 11.5. The Hall–Kier alpha value is -1.87. The molecule has 0 bridgehead atoms. The van der Waals surface area contributed by atoms with Gasteiger partial charge in [0, 0.05) is 18.5 Å². The maximum absolute atomic E-state index is 4.16. The van der Waals surface area contributed by atoms with Gasteiger partial charge in [0.1, 0.15) is 0 Å². The Kier molecular flexibility index (Phi) is 2.92. The van der Waals surface area contributed by atoms with Crippen LogP contribution in [0.3, 0.4) is 0 Å². The molecule has 1 N–H and O–H groups in total. The number of rotatable bonds is 2. The molecule has 2 aliphatic rings. The quantitative estimate of drug-likeness (QED) is 0.903. The molecule has 2 aromatic rings. The number of nitrogens with zero attached hydrogens (tertiary/aromatic N) is 2. The number of aromatic amines is 1. The van der Waals surface area contributed by atoms with E-state index in [1.54, 1.807) is 5.57 Å². The molecule has 102 valence electrons. The Morgan fingerprint density at radius 2 is 2.35 bits per heavy atom. The number of fused-ring (bicyclic) bond motifs is 2. The summed E-state index contributed by atoms with van der Waals surface area (Å²) in [7, 11) is 0. The van der Waals surface area contributed by atoms with Crippen molar-refractivity contribution in [3.05, 3.63) is 53.8 Å². The van der Waals surface area contributed by atoms with Gasteiger partial charge >= 0.3 is 0 Å². The number of aromatic nitrogens is 2. The summed E-state index contributed by atoms with van der Waals surface area (Å²) in [6.07, 6.45) is 11.3. The van der Waals surface area contributed by atoms with Gasteiger partial charge in [-0.1, -0.05) is 35.9 Å². The monoisotopic (exact) mass is 265 g/mol. The van der Waals surface area contributed by atoms with E-state index >= 15 is 0 Å². The first-order valence-corrected chi connectivity index (χ1v) is 7.39. The van der Waals surface area contributed by atoms with Gasteiger partial charge in [-0.3, -0.25) is 10.00 Å². The van der Waals surface area contributed by atoms with Gasteiger partial charge in [0.05, 0.1) is 11.7 Å². The highest BCUT2D eigenvalue weighted by Gasteiger charge is 2.24. The van der Waals surface area contributed by atoms with Crippen LogP contribution in [0.25, 0.3) is 10.9 Å². The van der Waals surface area contributed by atoms with Gasteiger partial charge in [-0.25, -0.2) is 0 Å². The van der Waals surface area contributed by atoms with Crippen molar-refractivity contribution in [2.75, 3.05) is 13.1 Å². The first-order valence-electron chi connectivity index (χ1n) is 7.39. The molecule has 1 unspecified atom stereocenters. The maximum atomic E-state index is 4.16. The molecule has 1 atom stereocenters. The van der Waals surface area contributed by atoms with E-state index in [1.807, 2.05) is 6.20 Å². The second kappa shape index (κ2) is 4.91. The van der Waals surface area contributed by atoms with Crippen molar-refractivity contribution in [2.45, 2.75) is 19.4 Å². The Morgan fingerprint density at radius 1 is 1.35 bits per heavy atom. The summed E-state index contributed by atoms with van der Waals surface area (Å²) in [5, 5.41) is 8.47. The van der Waals surface area contributed by atoms with Crippen LogP contribution in [0.1, 0.15) is 18.4 Å². The topological polar surface area (TPSA) is 31.9 Å². The van der Waals surface area contributed by atoms with Crippen LogP contribution in [0, 0.1) is 5.92 Å². The van der Waals surface area contributed by atoms with Gasteiger partial charge in [0.25, 0.3) is 0 Å². The van der Waals surface area contributed by atoms with Crippen molar-refractivity contribution in [3.63, 3.8) is 0 Å². The molecule has 1 aromatic carbocycles. The molecule has 0 spiro atoms. The number of likely N-dealkylation sites (tertiary alicyclic amines) is 1. The lowest BCUT2D eigenvalue weighted by atomic mass is 9.85. The summed E-state index contributed by atoms with van der Waals surface area (Å²) in [6, 6.07) is 6.43. The van der Waals surface area contributed by atoms with Crippen LogP contribution in [0.5, 0.6) is 0 Å². The lowest BCUT2D eigenvalue weighted by molar-refractivity contribution is 0.226. The molecule has 1 aromatic heterocycles. The van der Waals surface area contributed by atoms with E-state index in [0.717, 1.165) is 24.5 Å². The highest BCUT2D eigenvalue weighted by molar-refractivity contribution is 5.81. The molecule has 4 rings (SSSR count). The molecular formula is C17H19N3. The van der Waals surface area contributed by atoms with Gasteiger partial charge in [0.2, 0.25) is 0 Å². The summed E-state index contributed by atoms with van der Waals surface area (Å²) in [4.78, 5) is 2.56. The molecule has 0 radical (unpaired) electrons. The maximum Gasteiger partial charge on any atom is 0.0653 e. The number of H-pyrrole nitrogens is 1. The highest BCUT2D eigenvalue weighted by atomic mass is 15.1. The molecule has 1 fully saturated rings. The molecule has 1 aliphatic heterocycles. The molecule has 3 nitrogen and oxygen atoms in total. The SMILES string of the molecule is C1=CCC2CCN(Cc3cccc4[nH]ncc34)CC2=C1. The van der Waals surface area contributed by atoms with E-state index in [0.29, 0.717) is 0 Å². The van der Waals surface area contributed by atoms with Crippen molar-refractivity contribution < 1.29 is 0 Å². The van der Waals surface area contributed by atoms with Crippen LogP contribution in [0.15, 0.2) is 48.2 Å². The highest BCUT2D eigenvalue weighted by Crippen LogP contribution is 2.30. The molecule has 1 aliphatic carbocycles. The number of hydrogen-bond acceptors (Lipinski definition) is 2. The molecule has 1 saturated heterocycles. The Bertz CT molecular complexity index is 680. The molecular weight excluding hydrogens is 246 g/mol. The Morgan fingerprint density at radius 3 is 3.35 bits per heavy atom. The van der Waals surface area contributed by atoms with Crippen LogP contribution in [-0.2, 0) is 6.54 Å². The fourth-order valence-electron chi connectivity index (χ4n) is 3.43. The summed E-state index contributed by atoms with van der Waals surface area (Å²) in [5.74, 6) is 0.793. The number of hydrogen-bond donors (Lipinski definition) is 1. The Balaban J connectivity index is 1.56. The van der Waals surface area contributed by atoms with Gasteiger partial charge < -0.3 is 0 Å². The molecule has 0 amide bonds. The molecule has 20 heavy (non-hydrogen) atoms. The summed E-state index contributed by atoms with van der Waals surface area (Å²) < 4.78 is 0. The van der Waals surface area contributed by atoms with Crippen molar-refractivity contribution >= 4 is 10.9 Å². The number of piperidine rings is 1. The zero-order chi connectivity index (χ0) is 13.4. The van der Waals surface area contributed by atoms with Crippen LogP contribution < -0.4 is 0 Å². The van der Waals surface area contributed by atoms with Gasteiger partial charge in [-0.2, -0.15) is 5.10 Å². The third-order valence-electron chi connectivity index (χ3n) is 4.56. The van der Waals surface area contributed by atoms with Gasteiger partial charge in [0.15, 0.2) is 0 Å². The normalized spacial score (nSPS) is 22.8. The third kappa shape index (κ3) is 2.08. The number of benzene rings is 1. The summed E-state index contributed by atoms with van der Waals surface area (Å²) in [5.41, 5.74) is 4.12. The fraction of sp³-hybridized carbons (Fsp3) is 0.353. The number of nitrogens with one attached hydrogen (secondary N) is 1. The largest absolute Gasteiger partial charge is 0.295 e. The van der Waals surface area contributed by atoms with E-state index < -0.39 is 0 Å². The van der Waals surface area contributed by atoms with E-state index in [-0.39, 0.29) is 0 Å². The minimum atomic E-state index is 0.793. The Labute approximate surface area is 119 Å². The lowest BCUT2D eigenvalue weighted by Crippen LogP contribution is -2.35. The smallest absolute Gasteiger partial charge is 0.0653 e. The lowest BCUT2D eigenvalue weighted by Gasteiger charge is -2.35. The van der Waals surface area contributed by atoms with E-state index in [9.17, 15) is 0 Å². The van der Waals surface area contributed by atoms with Crippen molar-refractivity contribution in [2.24, 2.45) is 5.92 Å². The minimum absolute atomic E-state index is 0.793. The fourth-order valence-corrected chi connectivity index (χ4v) is 3.43. The standard InChI is InChI=1S/C17H19N3/c1-2-5-14-11-20(9-8-13(14)4-1)12-15-6-3-7-17-16(15)10-18-19-17/h1-3,5-7,10,13H,4,8-9,11-12H2,(H,18,19). The van der Waals surface area contributed by atoms with E-state index in [1.165, 1.54) is 30.3 Å². The summed E-state index contributed by atoms with van der Waals surface area (Å²) in [6.45, 7) is 3.33. The third-order valence-corrected chi connectivity index (χ3v) is 4.56. The van der Waals surface area contributed by atoms with Crippen LogP contribution in [0.2, 0.25) is 0 Å². The van der Waals surface area contributed by atoms with Gasteiger partial charge in [-0.15, -0.1) is 0 Å². The molecule has 3 heteroatoms. The number of allylic oxidation sites excluding steroid dienone is 3. The first kappa shape index (κ1) is 11.9. The second-order valence-electron chi connectivity index (χ2n) is 5.85. The molecule has 0 saturated carbocycles. The first-order chi connectivity index (χ1) is 9.90. The zero-order valence-electron chi connectivity index (χ0n) is 11.5. The molecule has 2 heterocycles. The van der Waals surface area contributed by atoms with E-state index in [4.69, 9.17) is 0 Å². The van der Waals surface area contributed by atoms with Crippen LogP contribution in [-0.4, -0.2) is 28.2 Å². The average molecular weight is 265 g/mol. The van der Waals surface area contributed by atoms with Crippen LogP contribution in [0.4, 0.5) is 0 Å². The minimum Gasteiger partial charge on any atom is -0.295 e. The van der Waals surface area contributed by atoms with Crippen LogP contribution >= 0.6 is 0 Å². The van der Waals surface area contributed by atoms with Gasteiger partial charge in [-0.05, 0) is 36.9 Å². The van der Waals surface area contributed by atoms with E-state index in [2.05, 4.69) is 51.5 Å². The van der Waals surface area contributed by atoms with Crippen molar-refractivity contribution in [3.8, 4) is 0 Å². The second-order valence-corrected chi connectivity index (χ2v) is 5.85. The average Bonchev–Trinajstić information content (AvgIpc) is 2.97.